The van der Waals surface area contributed by atoms with Gasteiger partial charge in [-0.25, -0.2) is 32.4 Å². The molecule has 0 radical (unpaired) electrons. The van der Waals surface area contributed by atoms with Crippen LogP contribution in [0.25, 0.3) is 11.2 Å². The quantitative estimate of drug-likeness (QED) is 0.460. The number of aromatic nitrogens is 4. The zero-order valence-corrected chi connectivity index (χ0v) is 23.8. The van der Waals surface area contributed by atoms with E-state index in [2.05, 4.69) is 19.8 Å². The summed E-state index contributed by atoms with van der Waals surface area (Å²) in [6.45, 7) is 9.77. The molecule has 39 heavy (non-hydrogen) atoms. The molecule has 12 heteroatoms. The fraction of sp³-hybridized carbons (Fsp3) is 0.593. The van der Waals surface area contributed by atoms with Crippen molar-refractivity contribution in [3.63, 3.8) is 0 Å². The average molecular weight is 563 g/mol. The van der Waals surface area contributed by atoms with Crippen LogP contribution in [0.15, 0.2) is 30.5 Å². The molecule has 2 saturated heterocycles. The zero-order valence-electron chi connectivity index (χ0n) is 23.0. The molecule has 2 fully saturated rings. The van der Waals surface area contributed by atoms with Crippen molar-refractivity contribution in [1.29, 1.82) is 0 Å². The maximum absolute atomic E-state index is 14.3. The van der Waals surface area contributed by atoms with Gasteiger partial charge in [-0.15, -0.1) is 0 Å². The molecule has 3 aromatic rings. The summed E-state index contributed by atoms with van der Waals surface area (Å²) in [5.74, 6) is 0.936. The van der Waals surface area contributed by atoms with E-state index in [1.54, 1.807) is 18.0 Å². The van der Waals surface area contributed by atoms with Gasteiger partial charge in [-0.05, 0) is 58.2 Å². The van der Waals surface area contributed by atoms with E-state index < -0.39 is 22.2 Å². The molecule has 0 bridgehead atoms. The highest BCUT2D eigenvalue weighted by atomic mass is 32.2. The highest BCUT2D eigenvalue weighted by molar-refractivity contribution is 7.84. The van der Waals surface area contributed by atoms with Gasteiger partial charge in [0.2, 0.25) is 0 Å². The lowest BCUT2D eigenvalue weighted by atomic mass is 9.73. The Hall–Kier alpha value is -2.70. The maximum Gasteiger partial charge on any atom is 0.284 e. The predicted octanol–water partition coefficient (Wildman–Crippen LogP) is 4.25. The first kappa shape index (κ1) is 27.9. The van der Waals surface area contributed by atoms with E-state index in [4.69, 9.17) is 9.47 Å². The van der Waals surface area contributed by atoms with Crippen LogP contribution in [-0.4, -0.2) is 67.7 Å². The third kappa shape index (κ3) is 5.51. The fourth-order valence-electron chi connectivity index (χ4n) is 5.41. The minimum absolute atomic E-state index is 0.0842. The summed E-state index contributed by atoms with van der Waals surface area (Å²) in [5, 5.41) is 4.39. The number of hydrogen-bond donors (Lipinski definition) is 1. The van der Waals surface area contributed by atoms with Crippen molar-refractivity contribution < 1.29 is 22.5 Å². The summed E-state index contributed by atoms with van der Waals surface area (Å²) in [7, 11) is 0.360. The molecule has 0 saturated carbocycles. The monoisotopic (exact) mass is 562 g/mol. The normalized spacial score (nSPS) is 22.2. The maximum atomic E-state index is 14.3. The van der Waals surface area contributed by atoms with Gasteiger partial charge in [-0.3, -0.25) is 0 Å². The van der Waals surface area contributed by atoms with Gasteiger partial charge >= 0.3 is 0 Å². The number of ether oxygens (including phenoxy) is 2. The van der Waals surface area contributed by atoms with Crippen LogP contribution in [0.5, 0.6) is 5.75 Å². The Labute approximate surface area is 229 Å². The topological polar surface area (TPSA) is 94.4 Å². The Morgan fingerprint density at radius 3 is 2.51 bits per heavy atom. The third-order valence-electron chi connectivity index (χ3n) is 7.78. The summed E-state index contributed by atoms with van der Waals surface area (Å²) in [4.78, 5) is 10.9. The first-order valence-corrected chi connectivity index (χ1v) is 14.3. The molecule has 2 aromatic heterocycles. The van der Waals surface area contributed by atoms with Crippen LogP contribution in [0.4, 0.5) is 14.6 Å². The Morgan fingerprint density at radius 2 is 1.90 bits per heavy atom. The van der Waals surface area contributed by atoms with Gasteiger partial charge in [0.05, 0.1) is 54.3 Å². The molecule has 0 amide bonds. The number of methoxy groups -OCH3 is 1. The molecular formula is C27H36F2N6O3S. The Balaban J connectivity index is 1.37. The van der Waals surface area contributed by atoms with Crippen molar-refractivity contribution in [2.75, 3.05) is 31.7 Å². The van der Waals surface area contributed by atoms with Crippen molar-refractivity contribution in [1.82, 2.24) is 24.5 Å². The highest BCUT2D eigenvalue weighted by Crippen LogP contribution is 2.44. The molecule has 0 aliphatic carbocycles. The van der Waals surface area contributed by atoms with Gasteiger partial charge in [0, 0.05) is 18.5 Å². The van der Waals surface area contributed by atoms with E-state index in [1.807, 2.05) is 56.9 Å². The van der Waals surface area contributed by atoms with Crippen LogP contribution in [0.2, 0.25) is 0 Å². The van der Waals surface area contributed by atoms with E-state index in [0.717, 1.165) is 11.3 Å². The number of piperidine rings is 1. The summed E-state index contributed by atoms with van der Waals surface area (Å²) >= 11 is 0. The van der Waals surface area contributed by atoms with Gasteiger partial charge in [-0.2, -0.15) is 5.10 Å². The standard InChI is InChI=1S/C27H36F2N6O3S/c1-17-22(33-39(36)26(2,3)4)27(16-38-17)10-12-34(13-11-27)25-21(23(28)29)32-24-20(31-25)14-30-35(24)15-18-6-8-19(37-5)9-7-18/h6-9,14,17,22-23,33H,10-13,15-16H2,1-5H3/t17-,22+,39?/m0/s1. The van der Waals surface area contributed by atoms with Gasteiger partial charge in [-0.1, -0.05) is 12.1 Å². The van der Waals surface area contributed by atoms with Crippen LogP contribution in [0.1, 0.15) is 58.2 Å². The second-order valence-electron chi connectivity index (χ2n) is 11.4. The second kappa shape index (κ2) is 10.7. The van der Waals surface area contributed by atoms with Crippen molar-refractivity contribution in [2.45, 2.75) is 70.4 Å². The predicted molar refractivity (Wildman–Crippen MR) is 146 cm³/mol. The number of nitrogens with zero attached hydrogens (tertiary/aromatic N) is 5. The molecule has 3 atom stereocenters. The molecule has 1 aromatic carbocycles. The Morgan fingerprint density at radius 1 is 1.21 bits per heavy atom. The van der Waals surface area contributed by atoms with Gasteiger partial charge in [0.15, 0.2) is 17.2 Å². The number of benzene rings is 1. The lowest BCUT2D eigenvalue weighted by Gasteiger charge is -2.43. The van der Waals surface area contributed by atoms with Crippen LogP contribution in [-0.2, 0) is 22.3 Å². The number of fused-ring (bicyclic) bond motifs is 1. The van der Waals surface area contributed by atoms with Crippen LogP contribution < -0.4 is 14.4 Å². The Bertz CT molecular complexity index is 1340. The van der Waals surface area contributed by atoms with Gasteiger partial charge < -0.3 is 14.4 Å². The van der Waals surface area contributed by atoms with Crippen molar-refractivity contribution in [3.05, 3.63) is 41.7 Å². The smallest absolute Gasteiger partial charge is 0.284 e. The summed E-state index contributed by atoms with van der Waals surface area (Å²) in [5.41, 5.74) is 1.18. The highest BCUT2D eigenvalue weighted by Gasteiger charge is 2.51. The molecule has 212 valence electrons. The average Bonchev–Trinajstić information content (AvgIpc) is 3.44. The molecule has 2 aliphatic rings. The second-order valence-corrected chi connectivity index (χ2v) is 13.4. The summed E-state index contributed by atoms with van der Waals surface area (Å²) in [6.07, 6.45) is 0.109. The lowest BCUT2D eigenvalue weighted by Crippen LogP contribution is -2.55. The third-order valence-corrected chi connectivity index (χ3v) is 9.37. The van der Waals surface area contributed by atoms with Crippen molar-refractivity contribution in [3.8, 4) is 5.75 Å². The Kier molecular flexibility index (Phi) is 7.64. The van der Waals surface area contributed by atoms with Gasteiger partial charge in [0.25, 0.3) is 6.43 Å². The fourth-order valence-corrected chi connectivity index (χ4v) is 6.44. The molecule has 2 aliphatic heterocycles. The minimum Gasteiger partial charge on any atom is -0.497 e. The molecule has 1 N–H and O–H groups in total. The number of halogens is 2. The number of hydrogen-bond acceptors (Lipinski definition) is 7. The van der Waals surface area contributed by atoms with E-state index in [-0.39, 0.29) is 29.1 Å². The zero-order chi connectivity index (χ0) is 27.9. The largest absolute Gasteiger partial charge is 0.497 e. The number of anilines is 1. The molecule has 1 spiro atoms. The van der Waals surface area contributed by atoms with Crippen LogP contribution in [0.3, 0.4) is 0 Å². The summed E-state index contributed by atoms with van der Waals surface area (Å²) in [6, 6.07) is 7.40. The van der Waals surface area contributed by atoms with Crippen LogP contribution in [0, 0.1) is 5.41 Å². The number of rotatable bonds is 7. The minimum atomic E-state index is -2.78. The molecule has 9 nitrogen and oxygen atoms in total. The SMILES string of the molecule is COc1ccc(Cn2ncc3nc(N4CCC5(CC4)CO[C@@H](C)[C@H]5NS(=O)C(C)(C)C)c(C(F)F)nc32)cc1. The molecule has 5 rings (SSSR count). The van der Waals surface area contributed by atoms with E-state index in [0.29, 0.717) is 50.2 Å². The molecular weight excluding hydrogens is 526 g/mol. The molecule has 4 heterocycles. The van der Waals surface area contributed by atoms with Crippen molar-refractivity contribution in [2.24, 2.45) is 5.41 Å². The first-order valence-electron chi connectivity index (χ1n) is 13.2. The molecule has 1 unspecified atom stereocenters. The van der Waals surface area contributed by atoms with Crippen molar-refractivity contribution >= 4 is 28.0 Å². The number of alkyl halides is 2. The van der Waals surface area contributed by atoms with E-state index in [1.165, 1.54) is 0 Å². The number of nitrogens with one attached hydrogen (secondary N) is 1. The van der Waals surface area contributed by atoms with E-state index >= 15 is 0 Å². The van der Waals surface area contributed by atoms with E-state index in [9.17, 15) is 13.0 Å². The lowest BCUT2D eigenvalue weighted by molar-refractivity contribution is 0.0971. The van der Waals surface area contributed by atoms with Crippen LogP contribution >= 0.6 is 0 Å². The summed E-state index contributed by atoms with van der Waals surface area (Å²) < 4.78 is 57.2. The first-order chi connectivity index (χ1) is 18.5. The van der Waals surface area contributed by atoms with Gasteiger partial charge in [0.1, 0.15) is 11.3 Å².